The van der Waals surface area contributed by atoms with Crippen molar-refractivity contribution in [1.82, 2.24) is 20.1 Å². The molecule has 0 aliphatic carbocycles. The molecule has 1 amide bonds. The Balaban J connectivity index is 1.62. The molecule has 23 heavy (non-hydrogen) atoms. The van der Waals surface area contributed by atoms with Gasteiger partial charge in [-0.3, -0.25) is 4.79 Å². The van der Waals surface area contributed by atoms with Gasteiger partial charge < -0.3 is 9.88 Å². The number of aromatic nitrogens is 3. The number of hydrogen-bond donors (Lipinski definition) is 1. The van der Waals surface area contributed by atoms with Crippen molar-refractivity contribution >= 4 is 16.7 Å². The number of fused-ring (bicyclic) bond motifs is 1. The predicted molar refractivity (Wildman–Crippen MR) is 90.1 cm³/mol. The standard InChI is InChI=1S/C18H20N4O/c1-13(15-8-7-14-5-3-4-6-16(14)11-15)18(23)19-10-9-17-21-20-12-22(17)2/h3-8,11-13H,9-10H2,1-2H3,(H,19,23). The molecule has 3 aromatic rings. The van der Waals surface area contributed by atoms with Crippen LogP contribution in [0.2, 0.25) is 0 Å². The number of nitrogens with one attached hydrogen (secondary N) is 1. The summed E-state index contributed by atoms with van der Waals surface area (Å²) >= 11 is 0. The quantitative estimate of drug-likeness (QED) is 0.787. The molecule has 0 spiro atoms. The van der Waals surface area contributed by atoms with Gasteiger partial charge in [-0.25, -0.2) is 0 Å². The molecule has 0 bridgehead atoms. The zero-order valence-corrected chi connectivity index (χ0v) is 13.4. The fraction of sp³-hybridized carbons (Fsp3) is 0.278. The van der Waals surface area contributed by atoms with E-state index in [9.17, 15) is 4.79 Å². The summed E-state index contributed by atoms with van der Waals surface area (Å²) < 4.78 is 1.86. The van der Waals surface area contributed by atoms with E-state index in [0.717, 1.165) is 16.8 Å². The van der Waals surface area contributed by atoms with Crippen molar-refractivity contribution < 1.29 is 4.79 Å². The van der Waals surface area contributed by atoms with Crippen LogP contribution in [0.15, 0.2) is 48.8 Å². The van der Waals surface area contributed by atoms with Crippen LogP contribution in [0.25, 0.3) is 10.8 Å². The summed E-state index contributed by atoms with van der Waals surface area (Å²) in [6.07, 6.45) is 2.33. The van der Waals surface area contributed by atoms with E-state index in [0.29, 0.717) is 13.0 Å². The third-order valence-electron chi connectivity index (χ3n) is 4.12. The van der Waals surface area contributed by atoms with Gasteiger partial charge in [0.1, 0.15) is 12.2 Å². The lowest BCUT2D eigenvalue weighted by Gasteiger charge is -2.13. The van der Waals surface area contributed by atoms with Gasteiger partial charge in [-0.15, -0.1) is 10.2 Å². The Labute approximate surface area is 135 Å². The number of amides is 1. The summed E-state index contributed by atoms with van der Waals surface area (Å²) in [5.41, 5.74) is 1.03. The van der Waals surface area contributed by atoms with E-state index < -0.39 is 0 Å². The highest BCUT2D eigenvalue weighted by Crippen LogP contribution is 2.21. The van der Waals surface area contributed by atoms with Crippen LogP contribution in [-0.4, -0.2) is 27.2 Å². The molecule has 0 saturated carbocycles. The summed E-state index contributed by atoms with van der Waals surface area (Å²) in [6, 6.07) is 14.3. The number of aryl methyl sites for hydroxylation is 1. The first-order valence-corrected chi connectivity index (χ1v) is 7.74. The van der Waals surface area contributed by atoms with Crippen molar-refractivity contribution in [1.29, 1.82) is 0 Å². The van der Waals surface area contributed by atoms with Crippen LogP contribution in [0.4, 0.5) is 0 Å². The highest BCUT2D eigenvalue weighted by molar-refractivity contribution is 5.87. The normalized spacial score (nSPS) is 12.3. The van der Waals surface area contributed by atoms with E-state index in [1.807, 2.05) is 36.7 Å². The molecule has 0 aliphatic heterocycles. The molecule has 1 aromatic heterocycles. The summed E-state index contributed by atoms with van der Waals surface area (Å²) in [4.78, 5) is 12.3. The zero-order valence-electron chi connectivity index (χ0n) is 13.4. The number of carbonyl (C=O) groups excluding carboxylic acids is 1. The molecule has 118 valence electrons. The second-order valence-corrected chi connectivity index (χ2v) is 5.73. The summed E-state index contributed by atoms with van der Waals surface area (Å²) in [5.74, 6) is 0.713. The van der Waals surface area contributed by atoms with Crippen LogP contribution < -0.4 is 5.32 Å². The molecule has 1 unspecified atom stereocenters. The Bertz CT molecular complexity index is 825. The van der Waals surface area contributed by atoms with Gasteiger partial charge in [0.15, 0.2) is 0 Å². The highest BCUT2D eigenvalue weighted by atomic mass is 16.1. The van der Waals surface area contributed by atoms with E-state index in [-0.39, 0.29) is 11.8 Å². The Morgan fingerprint density at radius 2 is 2.00 bits per heavy atom. The fourth-order valence-corrected chi connectivity index (χ4v) is 2.61. The molecule has 5 nitrogen and oxygen atoms in total. The smallest absolute Gasteiger partial charge is 0.227 e. The maximum Gasteiger partial charge on any atom is 0.227 e. The molecular formula is C18H20N4O. The lowest BCUT2D eigenvalue weighted by molar-refractivity contribution is -0.122. The van der Waals surface area contributed by atoms with E-state index in [1.165, 1.54) is 5.39 Å². The first kappa shape index (κ1) is 15.2. The van der Waals surface area contributed by atoms with Gasteiger partial charge in [0, 0.05) is 20.0 Å². The molecule has 2 aromatic carbocycles. The lowest BCUT2D eigenvalue weighted by Crippen LogP contribution is -2.30. The molecule has 5 heteroatoms. The van der Waals surface area contributed by atoms with Crippen LogP contribution in [0.1, 0.15) is 24.2 Å². The Morgan fingerprint density at radius 1 is 1.22 bits per heavy atom. The summed E-state index contributed by atoms with van der Waals surface area (Å²) in [5, 5.41) is 13.2. The number of hydrogen-bond acceptors (Lipinski definition) is 3. The third kappa shape index (κ3) is 3.39. The summed E-state index contributed by atoms with van der Waals surface area (Å²) in [7, 11) is 1.90. The van der Waals surface area contributed by atoms with Gasteiger partial charge in [0.2, 0.25) is 5.91 Å². The minimum Gasteiger partial charge on any atom is -0.355 e. The SMILES string of the molecule is CC(C(=O)NCCc1nncn1C)c1ccc2ccccc2c1. The van der Waals surface area contributed by atoms with Gasteiger partial charge in [0.05, 0.1) is 5.92 Å². The monoisotopic (exact) mass is 308 g/mol. The minimum absolute atomic E-state index is 0.0300. The highest BCUT2D eigenvalue weighted by Gasteiger charge is 2.15. The zero-order chi connectivity index (χ0) is 16.2. The van der Waals surface area contributed by atoms with Crippen LogP contribution in [0.5, 0.6) is 0 Å². The molecule has 0 fully saturated rings. The fourth-order valence-electron chi connectivity index (χ4n) is 2.61. The average molecular weight is 308 g/mol. The number of carbonyl (C=O) groups is 1. The van der Waals surface area contributed by atoms with E-state index in [2.05, 4.69) is 39.8 Å². The van der Waals surface area contributed by atoms with Crippen LogP contribution in [0, 0.1) is 0 Å². The van der Waals surface area contributed by atoms with Crippen molar-refractivity contribution in [2.45, 2.75) is 19.3 Å². The molecular weight excluding hydrogens is 288 g/mol. The Hall–Kier alpha value is -2.69. The maximum absolute atomic E-state index is 12.3. The van der Waals surface area contributed by atoms with Crippen LogP contribution in [0.3, 0.4) is 0 Å². The first-order valence-electron chi connectivity index (χ1n) is 7.74. The van der Waals surface area contributed by atoms with E-state index in [4.69, 9.17) is 0 Å². The first-order chi connectivity index (χ1) is 11.1. The van der Waals surface area contributed by atoms with Gasteiger partial charge in [-0.2, -0.15) is 0 Å². The number of benzene rings is 2. The predicted octanol–water partition coefficient (Wildman–Crippen LogP) is 2.43. The third-order valence-corrected chi connectivity index (χ3v) is 4.12. The van der Waals surface area contributed by atoms with Crippen LogP contribution >= 0.6 is 0 Å². The molecule has 1 heterocycles. The largest absolute Gasteiger partial charge is 0.355 e. The number of nitrogens with zero attached hydrogens (tertiary/aromatic N) is 3. The molecule has 0 aliphatic rings. The van der Waals surface area contributed by atoms with Gasteiger partial charge in [-0.05, 0) is 23.3 Å². The lowest BCUT2D eigenvalue weighted by atomic mass is 9.97. The maximum atomic E-state index is 12.3. The second-order valence-electron chi connectivity index (χ2n) is 5.73. The van der Waals surface area contributed by atoms with Crippen molar-refractivity contribution in [3.63, 3.8) is 0 Å². The topological polar surface area (TPSA) is 59.8 Å². The molecule has 0 saturated heterocycles. The van der Waals surface area contributed by atoms with Gasteiger partial charge in [-0.1, -0.05) is 42.5 Å². The number of rotatable bonds is 5. The second kappa shape index (κ2) is 6.60. The van der Waals surface area contributed by atoms with Crippen molar-refractivity contribution in [2.24, 2.45) is 7.05 Å². The Morgan fingerprint density at radius 3 is 2.74 bits per heavy atom. The van der Waals surface area contributed by atoms with E-state index >= 15 is 0 Å². The average Bonchev–Trinajstić information content (AvgIpc) is 2.98. The Kier molecular flexibility index (Phi) is 4.37. The van der Waals surface area contributed by atoms with Crippen LogP contribution in [-0.2, 0) is 18.3 Å². The minimum atomic E-state index is -0.181. The molecule has 1 atom stereocenters. The van der Waals surface area contributed by atoms with Gasteiger partial charge in [0.25, 0.3) is 0 Å². The van der Waals surface area contributed by atoms with Gasteiger partial charge >= 0.3 is 0 Å². The van der Waals surface area contributed by atoms with E-state index in [1.54, 1.807) is 6.33 Å². The molecule has 3 rings (SSSR count). The van der Waals surface area contributed by atoms with Crippen molar-refractivity contribution in [2.75, 3.05) is 6.54 Å². The summed E-state index contributed by atoms with van der Waals surface area (Å²) in [6.45, 7) is 2.49. The van der Waals surface area contributed by atoms with Crippen molar-refractivity contribution in [3.05, 3.63) is 60.2 Å². The molecule has 1 N–H and O–H groups in total. The molecule has 0 radical (unpaired) electrons. The van der Waals surface area contributed by atoms with Crippen molar-refractivity contribution in [3.8, 4) is 0 Å².